The first-order chi connectivity index (χ1) is 24.8. The van der Waals surface area contributed by atoms with Gasteiger partial charge in [0.2, 0.25) is 0 Å². The maximum Gasteiger partial charge on any atom is 0.178 e. The van der Waals surface area contributed by atoms with Gasteiger partial charge in [-0.25, -0.2) is 0 Å². The van der Waals surface area contributed by atoms with E-state index in [4.69, 9.17) is 17.7 Å². The van der Waals surface area contributed by atoms with E-state index in [2.05, 4.69) is 103 Å². The number of fused-ring (bicyclic) bond motifs is 14. The van der Waals surface area contributed by atoms with Gasteiger partial charge in [-0.2, -0.15) is 0 Å². The van der Waals surface area contributed by atoms with Crippen LogP contribution in [0.15, 0.2) is 163 Å². The second-order valence-corrected chi connectivity index (χ2v) is 13.1. The van der Waals surface area contributed by atoms with E-state index in [0.29, 0.717) is 0 Å². The summed E-state index contributed by atoms with van der Waals surface area (Å²) in [5, 5.41) is 12.0. The Bertz CT molecular complexity index is 3330. The molecular formula is C46H24O4. The Morgan fingerprint density at radius 1 is 0.300 bits per heavy atom. The van der Waals surface area contributed by atoms with Crippen molar-refractivity contribution in [3.8, 4) is 22.3 Å². The zero-order chi connectivity index (χ0) is 32.5. The molecule has 0 radical (unpaired) electrons. The highest BCUT2D eigenvalue weighted by molar-refractivity contribution is 6.29. The van der Waals surface area contributed by atoms with Gasteiger partial charge < -0.3 is 17.7 Å². The van der Waals surface area contributed by atoms with E-state index in [1.165, 1.54) is 5.56 Å². The molecule has 0 amide bonds. The lowest BCUT2D eigenvalue weighted by molar-refractivity contribution is 0.616. The molecule has 0 aliphatic rings. The summed E-state index contributed by atoms with van der Waals surface area (Å²) in [6, 6.07) is 48.9. The molecule has 4 aromatic heterocycles. The van der Waals surface area contributed by atoms with Crippen molar-refractivity contribution in [2.45, 2.75) is 0 Å². The van der Waals surface area contributed by atoms with Gasteiger partial charge in [0.1, 0.15) is 27.9 Å². The first-order valence-electron chi connectivity index (χ1n) is 16.8. The van der Waals surface area contributed by atoms with Crippen LogP contribution in [0, 0.1) is 0 Å². The Hall–Kier alpha value is -6.78. The zero-order valence-corrected chi connectivity index (χ0v) is 26.5. The van der Waals surface area contributed by atoms with Crippen LogP contribution in [0.25, 0.3) is 121 Å². The monoisotopic (exact) mass is 640 g/mol. The molecule has 50 heavy (non-hydrogen) atoms. The van der Waals surface area contributed by atoms with E-state index >= 15 is 0 Å². The topological polar surface area (TPSA) is 52.6 Å². The molecule has 12 rings (SSSR count). The molecule has 0 atom stereocenters. The minimum atomic E-state index is 0.771. The molecule has 0 aliphatic heterocycles. The Morgan fingerprint density at radius 3 is 1.52 bits per heavy atom. The predicted molar refractivity (Wildman–Crippen MR) is 204 cm³/mol. The summed E-state index contributed by atoms with van der Waals surface area (Å²) in [4.78, 5) is 0. The molecule has 0 unspecified atom stereocenters. The van der Waals surface area contributed by atoms with Crippen LogP contribution in [0.1, 0.15) is 0 Å². The molecular weight excluding hydrogens is 617 g/mol. The first kappa shape index (κ1) is 26.2. The second-order valence-electron chi connectivity index (χ2n) is 13.1. The van der Waals surface area contributed by atoms with Gasteiger partial charge >= 0.3 is 0 Å². The molecule has 0 spiro atoms. The quantitative estimate of drug-likeness (QED) is 0.176. The Kier molecular flexibility index (Phi) is 4.94. The van der Waals surface area contributed by atoms with Crippen LogP contribution in [0.5, 0.6) is 0 Å². The molecule has 0 saturated carbocycles. The minimum Gasteiger partial charge on any atom is -0.464 e. The lowest BCUT2D eigenvalue weighted by Crippen LogP contribution is -1.91. The minimum absolute atomic E-state index is 0.771. The van der Waals surface area contributed by atoms with E-state index in [9.17, 15) is 0 Å². The SMILES string of the molecule is c1ccc2c(c1)oc1c3ccoc3c(-c3c4ccccc4c(-c4cccc5oc6c(ccc7c8ccccc8oc76)c45)c4ccccc34)cc21. The van der Waals surface area contributed by atoms with Gasteiger partial charge in [-0.05, 0) is 75.1 Å². The summed E-state index contributed by atoms with van der Waals surface area (Å²) in [5.74, 6) is 0. The van der Waals surface area contributed by atoms with Crippen molar-refractivity contribution in [1.29, 1.82) is 0 Å². The molecule has 4 heterocycles. The molecule has 8 aromatic carbocycles. The maximum atomic E-state index is 6.67. The van der Waals surface area contributed by atoms with Crippen molar-refractivity contribution in [1.82, 2.24) is 0 Å². The lowest BCUT2D eigenvalue weighted by Gasteiger charge is -2.18. The maximum absolute atomic E-state index is 6.67. The molecule has 0 fully saturated rings. The van der Waals surface area contributed by atoms with Crippen molar-refractivity contribution >= 4 is 98.3 Å². The fourth-order valence-electron chi connectivity index (χ4n) is 8.48. The van der Waals surface area contributed by atoms with Gasteiger partial charge in [0.25, 0.3) is 0 Å². The van der Waals surface area contributed by atoms with Crippen molar-refractivity contribution in [3.05, 3.63) is 146 Å². The molecule has 0 bridgehead atoms. The lowest BCUT2D eigenvalue weighted by atomic mass is 9.84. The average molecular weight is 641 g/mol. The molecule has 4 nitrogen and oxygen atoms in total. The summed E-state index contributed by atoms with van der Waals surface area (Å²) >= 11 is 0. The Labute approximate surface area is 283 Å². The van der Waals surface area contributed by atoms with Gasteiger partial charge in [-0.15, -0.1) is 0 Å². The van der Waals surface area contributed by atoms with E-state index in [0.717, 1.165) is 115 Å². The molecule has 4 heteroatoms. The second kappa shape index (κ2) is 9.43. The van der Waals surface area contributed by atoms with E-state index in [-0.39, 0.29) is 0 Å². The normalized spacial score (nSPS) is 12.4. The van der Waals surface area contributed by atoms with E-state index in [1.807, 2.05) is 36.4 Å². The van der Waals surface area contributed by atoms with Gasteiger partial charge in [0.15, 0.2) is 11.2 Å². The third-order valence-corrected chi connectivity index (χ3v) is 10.6. The van der Waals surface area contributed by atoms with Crippen LogP contribution < -0.4 is 0 Å². The molecule has 0 saturated heterocycles. The molecule has 0 aliphatic carbocycles. The Balaban J connectivity index is 1.22. The highest BCUT2D eigenvalue weighted by Crippen LogP contribution is 2.50. The number of hydrogen-bond donors (Lipinski definition) is 0. The number of rotatable bonds is 2. The van der Waals surface area contributed by atoms with Crippen LogP contribution in [-0.2, 0) is 0 Å². The summed E-state index contributed by atoms with van der Waals surface area (Å²) in [7, 11) is 0. The van der Waals surface area contributed by atoms with Crippen molar-refractivity contribution in [3.63, 3.8) is 0 Å². The highest BCUT2D eigenvalue weighted by atomic mass is 16.4. The molecule has 0 N–H and O–H groups in total. The van der Waals surface area contributed by atoms with Gasteiger partial charge in [0, 0.05) is 43.4 Å². The summed E-state index contributed by atoms with van der Waals surface area (Å²) in [5.41, 5.74) is 10.2. The van der Waals surface area contributed by atoms with Crippen LogP contribution >= 0.6 is 0 Å². The van der Waals surface area contributed by atoms with E-state index in [1.54, 1.807) is 6.26 Å². The molecule has 232 valence electrons. The number of benzene rings is 8. The summed E-state index contributed by atoms with van der Waals surface area (Å²) in [6.45, 7) is 0. The van der Waals surface area contributed by atoms with Crippen molar-refractivity contribution in [2.24, 2.45) is 0 Å². The number of furan rings is 4. The zero-order valence-electron chi connectivity index (χ0n) is 26.5. The van der Waals surface area contributed by atoms with Crippen LogP contribution in [-0.4, -0.2) is 0 Å². The fraction of sp³-hybridized carbons (Fsp3) is 0. The number of hydrogen-bond acceptors (Lipinski definition) is 4. The average Bonchev–Trinajstić information content (AvgIpc) is 3.96. The van der Waals surface area contributed by atoms with Crippen LogP contribution in [0.3, 0.4) is 0 Å². The van der Waals surface area contributed by atoms with Crippen molar-refractivity contribution < 1.29 is 17.7 Å². The largest absolute Gasteiger partial charge is 0.464 e. The van der Waals surface area contributed by atoms with Gasteiger partial charge in [-0.1, -0.05) is 97.1 Å². The number of para-hydroxylation sites is 2. The van der Waals surface area contributed by atoms with Crippen LogP contribution in [0.4, 0.5) is 0 Å². The van der Waals surface area contributed by atoms with Crippen LogP contribution in [0.2, 0.25) is 0 Å². The van der Waals surface area contributed by atoms with E-state index < -0.39 is 0 Å². The summed E-state index contributed by atoms with van der Waals surface area (Å²) < 4.78 is 25.8. The fourth-order valence-corrected chi connectivity index (χ4v) is 8.48. The Morgan fingerprint density at radius 2 is 0.820 bits per heavy atom. The van der Waals surface area contributed by atoms with Gasteiger partial charge in [0.05, 0.1) is 11.6 Å². The van der Waals surface area contributed by atoms with Crippen molar-refractivity contribution in [2.75, 3.05) is 0 Å². The third kappa shape index (κ3) is 3.30. The summed E-state index contributed by atoms with van der Waals surface area (Å²) in [6.07, 6.45) is 1.77. The predicted octanol–water partition coefficient (Wildman–Crippen LogP) is 13.8. The first-order valence-corrected chi connectivity index (χ1v) is 16.8. The smallest absolute Gasteiger partial charge is 0.178 e. The standard InChI is InChI=1S/C46H24O4/c1-3-14-29-27(12-1)40(32-16-9-19-39-42(32)33-21-20-31-25-10-5-7-17-37(25)49-45(31)46(33)50-39)28-13-2-4-15-30(28)41(29)36-24-35-26-11-6-8-18-38(26)48-44(35)34-22-23-47-43(34)36/h1-24H. The van der Waals surface area contributed by atoms with Gasteiger partial charge in [-0.3, -0.25) is 0 Å². The third-order valence-electron chi connectivity index (χ3n) is 10.6. The highest BCUT2D eigenvalue weighted by Gasteiger charge is 2.24. The molecule has 12 aromatic rings.